The van der Waals surface area contributed by atoms with Gasteiger partial charge in [-0.1, -0.05) is 68.8 Å². The molecule has 8 amide bonds. The number of ketones is 3. The van der Waals surface area contributed by atoms with E-state index in [1.165, 1.54) is 34.1 Å². The first-order valence-electron chi connectivity index (χ1n) is 36.1. The van der Waals surface area contributed by atoms with Gasteiger partial charge in [0, 0.05) is 99.8 Å². The summed E-state index contributed by atoms with van der Waals surface area (Å²) in [5.74, 6) is -3.97. The van der Waals surface area contributed by atoms with Gasteiger partial charge in [-0.2, -0.15) is 0 Å². The second-order valence-corrected chi connectivity index (χ2v) is 28.9. The van der Waals surface area contributed by atoms with Crippen LogP contribution >= 0.6 is 0 Å². The molecule has 2 aliphatic heterocycles. The molecular formula is C76H108N10O18. The van der Waals surface area contributed by atoms with E-state index in [9.17, 15) is 62.3 Å². The number of hydrogen-bond donors (Lipinski definition) is 5. The Hall–Kier alpha value is -8.99. The van der Waals surface area contributed by atoms with E-state index in [0.717, 1.165) is 48.1 Å². The van der Waals surface area contributed by atoms with E-state index in [2.05, 4.69) is 31.6 Å². The van der Waals surface area contributed by atoms with E-state index >= 15 is 0 Å². The van der Waals surface area contributed by atoms with Crippen LogP contribution in [0.25, 0.3) is 0 Å². The van der Waals surface area contributed by atoms with E-state index < -0.39 is 47.3 Å². The molecule has 0 saturated heterocycles. The summed E-state index contributed by atoms with van der Waals surface area (Å²) in [5, 5.41) is 19.3. The summed E-state index contributed by atoms with van der Waals surface area (Å²) in [7, 11) is 0. The molecule has 0 bridgehead atoms. The Bertz CT molecular complexity index is 3400. The first kappa shape index (κ1) is 85.7. The minimum Gasteiger partial charge on any atom is -0.460 e. The van der Waals surface area contributed by atoms with Crippen molar-refractivity contribution in [2.24, 2.45) is 40.2 Å². The fourth-order valence-electron chi connectivity index (χ4n) is 11.2. The number of nitrogens with two attached hydrogens (primary N) is 1. The van der Waals surface area contributed by atoms with Crippen molar-refractivity contribution in [2.45, 2.75) is 190 Å². The molecule has 1 saturated carbocycles. The highest BCUT2D eigenvalue weighted by molar-refractivity contribution is 6.13. The Morgan fingerprint density at radius 3 is 1.75 bits per heavy atom. The lowest BCUT2D eigenvalue weighted by atomic mass is 9.79. The van der Waals surface area contributed by atoms with Crippen molar-refractivity contribution in [3.8, 4) is 0 Å². The molecule has 3 atom stereocenters. The van der Waals surface area contributed by atoms with Gasteiger partial charge in [0.05, 0.1) is 61.6 Å². The monoisotopic (exact) mass is 1450 g/mol. The maximum Gasteiger partial charge on any atom is 0.311 e. The van der Waals surface area contributed by atoms with Crippen LogP contribution < -0.4 is 27.0 Å². The Morgan fingerprint density at radius 1 is 0.596 bits per heavy atom. The Balaban J connectivity index is 0.000000410. The molecule has 0 unspecified atom stereocenters. The molecule has 1 aromatic heterocycles. The molecule has 2 aromatic carbocycles. The van der Waals surface area contributed by atoms with Gasteiger partial charge in [0.25, 0.3) is 23.6 Å². The lowest BCUT2D eigenvalue weighted by Crippen LogP contribution is -2.45. The largest absolute Gasteiger partial charge is 0.460 e. The number of rotatable bonds is 44. The van der Waals surface area contributed by atoms with Gasteiger partial charge in [-0.05, 0) is 147 Å². The van der Waals surface area contributed by atoms with E-state index in [4.69, 9.17) is 29.4 Å². The Kier molecular flexibility index (Phi) is 36.2. The maximum atomic E-state index is 13.2. The van der Waals surface area contributed by atoms with Crippen LogP contribution in [0, 0.1) is 34.5 Å². The van der Waals surface area contributed by atoms with Crippen molar-refractivity contribution >= 4 is 82.2 Å². The highest BCUT2D eigenvalue weighted by Gasteiger charge is 2.33. The van der Waals surface area contributed by atoms with Crippen LogP contribution in [0.3, 0.4) is 0 Å². The average Bonchev–Trinajstić information content (AvgIpc) is 1.66. The van der Waals surface area contributed by atoms with Crippen molar-refractivity contribution in [1.29, 1.82) is 0 Å². The number of esters is 2. The fourth-order valence-corrected chi connectivity index (χ4v) is 11.2. The molecular weight excluding hydrogens is 1340 g/mol. The average molecular weight is 1450 g/mol. The summed E-state index contributed by atoms with van der Waals surface area (Å²) < 4.78 is 28.8. The van der Waals surface area contributed by atoms with E-state index in [1.54, 1.807) is 102 Å². The number of unbranched alkanes of at least 4 members (excludes halogenated alkanes) is 3. The van der Waals surface area contributed by atoms with Crippen molar-refractivity contribution in [1.82, 2.24) is 40.7 Å². The molecule has 6 N–H and O–H groups in total. The topological polar surface area (TPSA) is 379 Å². The zero-order valence-corrected chi connectivity index (χ0v) is 61.9. The van der Waals surface area contributed by atoms with Crippen molar-refractivity contribution in [2.75, 3.05) is 71.1 Å². The Morgan fingerprint density at radius 2 is 1.16 bits per heavy atom. The SMILES string of the molecule is CC(C)(C)C(=O)OCc1ccc(CC(=O)[C@H](CCCCN)NC(=O)COCC(=O)NCCOCCOCCn2cc(CCC(=O)C3CCC(CN4C(=O)C=CC4=O)CC3)nn2)cc1.CC(C)[C@H](NC(=O)CCCCCN1C(=O)C=CC1=O)C(=O)C[C@@H](C)C(=O)Nc1ccc(COC(=O)C(C)(C)C)cc1. The van der Waals surface area contributed by atoms with Crippen LogP contribution in [0.2, 0.25) is 0 Å². The van der Waals surface area contributed by atoms with Gasteiger partial charge in [-0.3, -0.25) is 72.1 Å². The van der Waals surface area contributed by atoms with Crippen molar-refractivity contribution in [3.05, 3.63) is 101 Å². The van der Waals surface area contributed by atoms with Gasteiger partial charge in [0.15, 0.2) is 11.6 Å². The number of hydrogen-bond acceptors (Lipinski definition) is 21. The van der Waals surface area contributed by atoms with Crippen LogP contribution in [0.15, 0.2) is 79.0 Å². The quantitative estimate of drug-likeness (QED) is 0.0241. The summed E-state index contributed by atoms with van der Waals surface area (Å²) >= 11 is 0. The predicted molar refractivity (Wildman–Crippen MR) is 384 cm³/mol. The number of amides is 8. The molecule has 1 aliphatic carbocycles. The number of aryl methyl sites for hydroxylation is 1. The number of nitrogens with zero attached hydrogens (tertiary/aromatic N) is 5. The number of anilines is 1. The third-order valence-corrected chi connectivity index (χ3v) is 17.5. The van der Waals surface area contributed by atoms with Gasteiger partial charge in [-0.25, -0.2) is 4.68 Å². The third kappa shape index (κ3) is 31.5. The number of benzene rings is 2. The number of nitrogens with one attached hydrogen (secondary N) is 4. The van der Waals surface area contributed by atoms with Gasteiger partial charge < -0.3 is 50.7 Å². The second-order valence-electron chi connectivity index (χ2n) is 28.9. The molecule has 3 heterocycles. The lowest BCUT2D eigenvalue weighted by Gasteiger charge is -2.29. The van der Waals surface area contributed by atoms with E-state index in [0.29, 0.717) is 103 Å². The minimum atomic E-state index is -0.739. The number of ether oxygens (including phenoxy) is 5. The summed E-state index contributed by atoms with van der Waals surface area (Å²) in [6.45, 7) is 18.8. The van der Waals surface area contributed by atoms with Crippen LogP contribution in [-0.2, 0) is 119 Å². The Labute approximate surface area is 609 Å². The first-order chi connectivity index (χ1) is 49.4. The normalized spacial score (nSPS) is 16.0. The van der Waals surface area contributed by atoms with Crippen LogP contribution in [0.4, 0.5) is 5.69 Å². The van der Waals surface area contributed by atoms with Gasteiger partial charge in [0.1, 0.15) is 32.2 Å². The fraction of sp³-hybridized carbons (Fsp3) is 0.592. The maximum absolute atomic E-state index is 13.2. The van der Waals surface area contributed by atoms with E-state index in [1.807, 2.05) is 20.0 Å². The van der Waals surface area contributed by atoms with Gasteiger partial charge >= 0.3 is 11.9 Å². The van der Waals surface area contributed by atoms with Crippen molar-refractivity contribution in [3.63, 3.8) is 0 Å². The van der Waals surface area contributed by atoms with Gasteiger partial charge in [0.2, 0.25) is 23.6 Å². The molecule has 3 aromatic rings. The molecule has 104 heavy (non-hydrogen) atoms. The summed E-state index contributed by atoms with van der Waals surface area (Å²) in [4.78, 5) is 162. The summed E-state index contributed by atoms with van der Waals surface area (Å²) in [6, 6.07) is 12.7. The summed E-state index contributed by atoms with van der Waals surface area (Å²) in [5.41, 5.74) is 8.09. The highest BCUT2D eigenvalue weighted by Crippen LogP contribution is 2.32. The molecule has 570 valence electrons. The molecule has 28 heteroatoms. The molecule has 28 nitrogen and oxygen atoms in total. The zero-order chi connectivity index (χ0) is 76.4. The standard InChI is InChI=1S/C45H65N7O11.C31H43N3O7/c1-45(2,3)44(59)63-29-34-9-7-32(8-10-34)26-39(54)37(6-4-5-19-46)48-41(56)31-62-30-40(55)47-20-22-60-24-25-61-23-21-51-28-36(49-50-51)15-16-38(53)35-13-11-33(12-14-35)27-52-42(57)17-18-43(52)58;1-20(2)28(33-25(36)10-8-7-9-17-34-26(37)15-16-27(34)38)24(35)18-21(3)29(39)32-23-13-11-22(12-14-23)19-41-30(40)31(4,5)6/h7-10,17-18,28,33,35,37H,4-6,11-16,19-27,29-31,46H2,1-3H3,(H,47,55)(H,48,56);11-16,20-21,28H,7-10,17-19H2,1-6H3,(H,32,39)(H,33,36)/t33?,35?,37-;21-,28+/m01/s1. The highest BCUT2D eigenvalue weighted by atomic mass is 16.5. The van der Waals surface area contributed by atoms with Crippen molar-refractivity contribution < 1.29 is 86.0 Å². The van der Waals surface area contributed by atoms with Crippen LogP contribution in [0.1, 0.15) is 168 Å². The zero-order valence-electron chi connectivity index (χ0n) is 61.9. The van der Waals surface area contributed by atoms with Gasteiger partial charge in [-0.15, -0.1) is 5.10 Å². The number of Topliss-reactive ketones (excluding diaryl/α,β-unsaturated/α-hetero) is 3. The number of aromatic nitrogens is 3. The summed E-state index contributed by atoms with van der Waals surface area (Å²) in [6.07, 6.45) is 14.8. The molecule has 1 fully saturated rings. The number of carbonyl (C=O) groups is 13. The number of imide groups is 2. The molecule has 3 aliphatic rings. The molecule has 0 radical (unpaired) electrons. The lowest BCUT2D eigenvalue weighted by molar-refractivity contribution is -0.155. The minimum absolute atomic E-state index is 0.00808. The molecule has 6 rings (SSSR count). The molecule has 0 spiro atoms. The first-order valence-corrected chi connectivity index (χ1v) is 36.1. The van der Waals surface area contributed by atoms with Crippen LogP contribution in [0.5, 0.6) is 0 Å². The third-order valence-electron chi connectivity index (χ3n) is 17.5. The van der Waals surface area contributed by atoms with E-state index in [-0.39, 0.29) is 135 Å². The smallest absolute Gasteiger partial charge is 0.311 e. The second kappa shape index (κ2) is 44.0. The van der Waals surface area contributed by atoms with Crippen LogP contribution in [-0.4, -0.2) is 179 Å². The predicted octanol–water partition coefficient (Wildman–Crippen LogP) is 6.13. The number of carbonyl (C=O) groups excluding carboxylic acids is 13.